The number of benzene rings is 1. The van der Waals surface area contributed by atoms with E-state index < -0.39 is 10.8 Å². The first-order chi connectivity index (χ1) is 8.38. The van der Waals surface area contributed by atoms with Gasteiger partial charge in [0.05, 0.1) is 17.1 Å². The molecule has 3 N–H and O–H groups in total. The summed E-state index contributed by atoms with van der Waals surface area (Å²) in [6.45, 7) is 1.60. The van der Waals surface area contributed by atoms with Crippen LogP contribution in [0.3, 0.4) is 0 Å². The fourth-order valence-corrected chi connectivity index (χ4v) is 1.56. The van der Waals surface area contributed by atoms with E-state index >= 15 is 0 Å². The van der Waals surface area contributed by atoms with Crippen LogP contribution in [0.15, 0.2) is 12.1 Å². The van der Waals surface area contributed by atoms with Gasteiger partial charge in [-0.3, -0.25) is 14.9 Å². The SMILES string of the molecule is Cc1cc(C(=O)N(C)CCO)c(N)c([N+](=O)[O-])c1. The van der Waals surface area contributed by atoms with Crippen molar-refractivity contribution < 1.29 is 14.8 Å². The average molecular weight is 253 g/mol. The Morgan fingerprint density at radius 3 is 2.67 bits per heavy atom. The van der Waals surface area contributed by atoms with Crippen LogP contribution in [0.2, 0.25) is 0 Å². The number of nitro benzene ring substituents is 1. The molecule has 0 heterocycles. The molecule has 0 unspecified atom stereocenters. The van der Waals surface area contributed by atoms with Crippen LogP contribution in [-0.4, -0.2) is 41.0 Å². The standard InChI is InChI=1S/C11H15N3O4/c1-7-5-8(11(16)13(2)3-4-15)10(12)9(6-7)14(17)18/h5-6,15H,3-4,12H2,1-2H3. The lowest BCUT2D eigenvalue weighted by Gasteiger charge is -2.17. The van der Waals surface area contributed by atoms with E-state index in [-0.39, 0.29) is 30.1 Å². The van der Waals surface area contributed by atoms with Gasteiger partial charge in [0.15, 0.2) is 0 Å². The molecule has 0 bridgehead atoms. The molecule has 0 saturated heterocycles. The van der Waals surface area contributed by atoms with E-state index in [2.05, 4.69) is 0 Å². The van der Waals surface area contributed by atoms with Crippen molar-refractivity contribution in [3.63, 3.8) is 0 Å². The van der Waals surface area contributed by atoms with Crippen molar-refractivity contribution in [3.05, 3.63) is 33.4 Å². The van der Waals surface area contributed by atoms with E-state index in [4.69, 9.17) is 10.8 Å². The third-order valence-corrected chi connectivity index (χ3v) is 2.51. The Morgan fingerprint density at radius 2 is 2.17 bits per heavy atom. The summed E-state index contributed by atoms with van der Waals surface area (Å²) in [5, 5.41) is 19.6. The van der Waals surface area contributed by atoms with Crippen LogP contribution in [-0.2, 0) is 0 Å². The van der Waals surface area contributed by atoms with Gasteiger partial charge in [-0.1, -0.05) is 0 Å². The van der Waals surface area contributed by atoms with E-state index in [0.717, 1.165) is 0 Å². The normalized spacial score (nSPS) is 10.2. The lowest BCUT2D eigenvalue weighted by atomic mass is 10.1. The smallest absolute Gasteiger partial charge is 0.293 e. The molecule has 7 heteroatoms. The second-order valence-electron chi connectivity index (χ2n) is 3.95. The summed E-state index contributed by atoms with van der Waals surface area (Å²) in [5.41, 5.74) is 5.86. The van der Waals surface area contributed by atoms with Crippen LogP contribution in [0, 0.1) is 17.0 Å². The molecule has 0 spiro atoms. The zero-order valence-electron chi connectivity index (χ0n) is 10.2. The Morgan fingerprint density at radius 1 is 1.56 bits per heavy atom. The highest BCUT2D eigenvalue weighted by Crippen LogP contribution is 2.27. The number of carbonyl (C=O) groups excluding carboxylic acids is 1. The highest BCUT2D eigenvalue weighted by molar-refractivity contribution is 6.01. The van der Waals surface area contributed by atoms with Gasteiger partial charge in [-0.05, 0) is 18.6 Å². The van der Waals surface area contributed by atoms with Crippen molar-refractivity contribution in [3.8, 4) is 0 Å². The highest BCUT2D eigenvalue weighted by Gasteiger charge is 2.22. The lowest BCUT2D eigenvalue weighted by Crippen LogP contribution is -2.30. The van der Waals surface area contributed by atoms with Gasteiger partial charge in [-0.15, -0.1) is 0 Å². The van der Waals surface area contributed by atoms with Crippen LogP contribution in [0.25, 0.3) is 0 Å². The van der Waals surface area contributed by atoms with E-state index in [1.165, 1.54) is 24.1 Å². The first-order valence-corrected chi connectivity index (χ1v) is 5.29. The van der Waals surface area contributed by atoms with Gasteiger partial charge in [0.2, 0.25) is 0 Å². The number of aliphatic hydroxyl groups excluding tert-OH is 1. The summed E-state index contributed by atoms with van der Waals surface area (Å²) in [6, 6.07) is 2.82. The summed E-state index contributed by atoms with van der Waals surface area (Å²) in [5.74, 6) is -0.451. The van der Waals surface area contributed by atoms with Gasteiger partial charge in [-0.25, -0.2) is 0 Å². The monoisotopic (exact) mass is 253 g/mol. The molecule has 0 atom stereocenters. The van der Waals surface area contributed by atoms with Crippen LogP contribution in [0.4, 0.5) is 11.4 Å². The molecule has 0 aliphatic rings. The number of amides is 1. The zero-order chi connectivity index (χ0) is 13.9. The third-order valence-electron chi connectivity index (χ3n) is 2.51. The van der Waals surface area contributed by atoms with Gasteiger partial charge >= 0.3 is 0 Å². The maximum absolute atomic E-state index is 12.0. The number of hydrogen-bond acceptors (Lipinski definition) is 5. The zero-order valence-corrected chi connectivity index (χ0v) is 10.2. The highest BCUT2D eigenvalue weighted by atomic mass is 16.6. The second kappa shape index (κ2) is 5.46. The Balaban J connectivity index is 3.24. The number of aryl methyl sites for hydroxylation is 1. The van der Waals surface area contributed by atoms with Gasteiger partial charge in [-0.2, -0.15) is 0 Å². The molecule has 98 valence electrons. The third kappa shape index (κ3) is 2.75. The van der Waals surface area contributed by atoms with Gasteiger partial charge in [0.1, 0.15) is 5.69 Å². The second-order valence-corrected chi connectivity index (χ2v) is 3.95. The quantitative estimate of drug-likeness (QED) is 0.462. The molecular formula is C11H15N3O4. The maximum atomic E-state index is 12.0. The Hall–Kier alpha value is -2.15. The van der Waals surface area contributed by atoms with Crippen molar-refractivity contribution in [2.45, 2.75) is 6.92 Å². The summed E-state index contributed by atoms with van der Waals surface area (Å²) in [6.07, 6.45) is 0. The fraction of sp³-hybridized carbons (Fsp3) is 0.364. The van der Waals surface area contributed by atoms with Crippen LogP contribution in [0.1, 0.15) is 15.9 Å². The Labute approximate surface area is 104 Å². The molecule has 0 radical (unpaired) electrons. The fourth-order valence-electron chi connectivity index (χ4n) is 1.56. The van der Waals surface area contributed by atoms with E-state index in [1.54, 1.807) is 6.92 Å². The number of nitrogens with zero attached hydrogens (tertiary/aromatic N) is 2. The molecule has 18 heavy (non-hydrogen) atoms. The molecule has 1 rings (SSSR count). The van der Waals surface area contributed by atoms with Gasteiger partial charge in [0, 0.05) is 19.7 Å². The average Bonchev–Trinajstić information content (AvgIpc) is 2.30. The predicted molar refractivity (Wildman–Crippen MR) is 66.3 cm³/mol. The first-order valence-electron chi connectivity index (χ1n) is 5.29. The van der Waals surface area contributed by atoms with Gasteiger partial charge < -0.3 is 15.7 Å². The van der Waals surface area contributed by atoms with Crippen molar-refractivity contribution in [2.75, 3.05) is 25.9 Å². The molecule has 1 amide bonds. The van der Waals surface area contributed by atoms with Crippen molar-refractivity contribution >= 4 is 17.3 Å². The molecule has 1 aromatic carbocycles. The van der Waals surface area contributed by atoms with Crippen molar-refractivity contribution in [2.24, 2.45) is 0 Å². The Bertz CT molecular complexity index is 487. The minimum Gasteiger partial charge on any atom is -0.395 e. The number of aliphatic hydroxyl groups is 1. The summed E-state index contributed by atoms with van der Waals surface area (Å²) in [7, 11) is 1.49. The summed E-state index contributed by atoms with van der Waals surface area (Å²) < 4.78 is 0. The topological polar surface area (TPSA) is 110 Å². The number of nitrogen functional groups attached to an aromatic ring is 1. The predicted octanol–water partition coefficient (Wildman–Crippen LogP) is 0.550. The number of likely N-dealkylation sites (N-methyl/N-ethyl adjacent to an activating group) is 1. The van der Waals surface area contributed by atoms with Crippen molar-refractivity contribution in [1.82, 2.24) is 4.90 Å². The number of hydrogen-bond donors (Lipinski definition) is 2. The molecule has 0 aliphatic heterocycles. The Kier molecular flexibility index (Phi) is 4.22. The number of carbonyl (C=O) groups is 1. The number of nitrogens with two attached hydrogens (primary N) is 1. The number of anilines is 1. The molecule has 0 saturated carbocycles. The molecular weight excluding hydrogens is 238 g/mol. The maximum Gasteiger partial charge on any atom is 0.293 e. The first kappa shape index (κ1) is 13.9. The molecule has 1 aromatic rings. The molecule has 7 nitrogen and oxygen atoms in total. The van der Waals surface area contributed by atoms with Crippen LogP contribution in [0.5, 0.6) is 0 Å². The molecule has 0 aromatic heterocycles. The number of nitro groups is 1. The van der Waals surface area contributed by atoms with Crippen molar-refractivity contribution in [1.29, 1.82) is 0 Å². The van der Waals surface area contributed by atoms with Crippen LogP contribution < -0.4 is 5.73 Å². The minimum absolute atomic E-state index is 0.0812. The van der Waals surface area contributed by atoms with Gasteiger partial charge in [0.25, 0.3) is 11.6 Å². The van der Waals surface area contributed by atoms with E-state index in [9.17, 15) is 14.9 Å². The van der Waals surface area contributed by atoms with E-state index in [1.807, 2.05) is 0 Å². The van der Waals surface area contributed by atoms with E-state index in [0.29, 0.717) is 5.56 Å². The minimum atomic E-state index is -0.620. The lowest BCUT2D eigenvalue weighted by molar-refractivity contribution is -0.384. The number of rotatable bonds is 4. The summed E-state index contributed by atoms with van der Waals surface area (Å²) >= 11 is 0. The summed E-state index contributed by atoms with van der Waals surface area (Å²) in [4.78, 5) is 23.4. The van der Waals surface area contributed by atoms with Crippen LogP contribution >= 0.6 is 0 Å². The molecule has 0 aliphatic carbocycles. The molecule has 0 fully saturated rings. The largest absolute Gasteiger partial charge is 0.395 e.